The van der Waals surface area contributed by atoms with Crippen molar-refractivity contribution in [2.24, 2.45) is 11.7 Å². The van der Waals surface area contributed by atoms with E-state index in [0.29, 0.717) is 36.0 Å². The van der Waals surface area contributed by atoms with Crippen LogP contribution in [0.25, 0.3) is 11.1 Å². The van der Waals surface area contributed by atoms with Crippen molar-refractivity contribution in [3.63, 3.8) is 0 Å². The average molecular weight is 487 g/mol. The third-order valence-corrected chi connectivity index (χ3v) is 5.82. The summed E-state index contributed by atoms with van der Waals surface area (Å²) in [6, 6.07) is 4.77. The molecule has 0 saturated carbocycles. The van der Waals surface area contributed by atoms with Gasteiger partial charge in [0.1, 0.15) is 12.4 Å². The second kappa shape index (κ2) is 12.6. The van der Waals surface area contributed by atoms with E-state index in [-0.39, 0.29) is 18.1 Å². The molecule has 35 heavy (non-hydrogen) atoms. The highest BCUT2D eigenvalue weighted by atomic mass is 19.1. The van der Waals surface area contributed by atoms with Gasteiger partial charge in [0.2, 0.25) is 5.95 Å². The smallest absolute Gasteiger partial charge is 0.414 e. The van der Waals surface area contributed by atoms with Crippen LogP contribution in [0, 0.1) is 17.1 Å². The molecule has 0 atom stereocenters. The highest BCUT2D eigenvalue weighted by Crippen LogP contribution is 2.27. The maximum atomic E-state index is 15.0. The molecule has 1 amide bonds. The van der Waals surface area contributed by atoms with Gasteiger partial charge in [0.15, 0.2) is 5.96 Å². The maximum Gasteiger partial charge on any atom is 0.414 e. The van der Waals surface area contributed by atoms with Gasteiger partial charge in [-0.25, -0.2) is 19.2 Å². The summed E-state index contributed by atoms with van der Waals surface area (Å²) in [5.41, 5.74) is 6.05. The van der Waals surface area contributed by atoms with Crippen molar-refractivity contribution in [1.82, 2.24) is 15.3 Å². The molecule has 0 unspecified atom stereocenters. The molecule has 0 spiro atoms. The van der Waals surface area contributed by atoms with E-state index < -0.39 is 17.9 Å². The Balaban J connectivity index is 1.53. The molecule has 10 nitrogen and oxygen atoms in total. The van der Waals surface area contributed by atoms with Crippen LogP contribution in [-0.4, -0.2) is 47.7 Å². The number of nitrogens with two attached hydrogens (primary N) is 1. The van der Waals surface area contributed by atoms with Gasteiger partial charge in [-0.1, -0.05) is 18.2 Å². The van der Waals surface area contributed by atoms with Crippen LogP contribution in [0.3, 0.4) is 0 Å². The molecule has 2 aromatic rings. The average Bonchev–Trinajstić information content (AvgIpc) is 2.84. The number of anilines is 1. The molecule has 1 aromatic heterocycles. The SMILES string of the molecule is CCOC(=O)CCCC1CCN(c2ncc(-c3cccc(COC(=O)NC(=N)N)c3F)cn2)CC1. The minimum Gasteiger partial charge on any atom is -0.466 e. The molecule has 0 bridgehead atoms. The number of piperidine rings is 1. The van der Waals surface area contributed by atoms with Gasteiger partial charge in [0.25, 0.3) is 0 Å². The predicted molar refractivity (Wildman–Crippen MR) is 128 cm³/mol. The number of hydrogen-bond acceptors (Lipinski definition) is 8. The van der Waals surface area contributed by atoms with Gasteiger partial charge in [-0.15, -0.1) is 0 Å². The van der Waals surface area contributed by atoms with E-state index in [2.05, 4.69) is 14.9 Å². The number of halogens is 1. The number of amides is 1. The largest absolute Gasteiger partial charge is 0.466 e. The summed E-state index contributed by atoms with van der Waals surface area (Å²) in [6.45, 7) is 3.57. The number of aromatic nitrogens is 2. The van der Waals surface area contributed by atoms with Crippen LogP contribution in [0.5, 0.6) is 0 Å². The van der Waals surface area contributed by atoms with Crippen LogP contribution in [0.1, 0.15) is 44.6 Å². The van der Waals surface area contributed by atoms with Crippen LogP contribution in [0.4, 0.5) is 15.1 Å². The minimum atomic E-state index is -0.933. The number of benzene rings is 1. The first-order chi connectivity index (χ1) is 16.9. The Hall–Kier alpha value is -3.76. The monoisotopic (exact) mass is 486 g/mol. The molecule has 1 aromatic carbocycles. The number of nitrogens with zero attached hydrogens (tertiary/aromatic N) is 3. The zero-order valence-electron chi connectivity index (χ0n) is 19.8. The first-order valence-corrected chi connectivity index (χ1v) is 11.7. The summed E-state index contributed by atoms with van der Waals surface area (Å²) in [5, 5.41) is 8.98. The van der Waals surface area contributed by atoms with Crippen LogP contribution in [0.15, 0.2) is 30.6 Å². The molecule has 1 fully saturated rings. The molecule has 0 aliphatic carbocycles. The summed E-state index contributed by atoms with van der Waals surface area (Å²) in [4.78, 5) is 34.0. The van der Waals surface area contributed by atoms with Gasteiger partial charge in [-0.2, -0.15) is 0 Å². The van der Waals surface area contributed by atoms with E-state index in [4.69, 9.17) is 20.6 Å². The van der Waals surface area contributed by atoms with E-state index >= 15 is 0 Å². The van der Waals surface area contributed by atoms with Crippen molar-refractivity contribution >= 4 is 24.0 Å². The van der Waals surface area contributed by atoms with Crippen molar-refractivity contribution in [2.75, 3.05) is 24.6 Å². The van der Waals surface area contributed by atoms with Crippen molar-refractivity contribution in [1.29, 1.82) is 5.41 Å². The van der Waals surface area contributed by atoms with Crippen LogP contribution in [-0.2, 0) is 20.9 Å². The first-order valence-electron chi connectivity index (χ1n) is 11.7. The Morgan fingerprint density at radius 2 is 1.94 bits per heavy atom. The van der Waals surface area contributed by atoms with Gasteiger partial charge >= 0.3 is 12.1 Å². The molecular formula is C24H31FN6O4. The number of rotatable bonds is 9. The molecule has 2 heterocycles. The van der Waals surface area contributed by atoms with Crippen molar-refractivity contribution in [2.45, 2.75) is 45.6 Å². The van der Waals surface area contributed by atoms with E-state index in [1.54, 1.807) is 24.5 Å². The number of guanidine groups is 1. The molecule has 188 valence electrons. The lowest BCUT2D eigenvalue weighted by atomic mass is 9.92. The van der Waals surface area contributed by atoms with Crippen molar-refractivity contribution in [3.05, 3.63) is 42.0 Å². The van der Waals surface area contributed by atoms with Crippen LogP contribution >= 0.6 is 0 Å². The Morgan fingerprint density at radius 1 is 1.23 bits per heavy atom. The highest BCUT2D eigenvalue weighted by Gasteiger charge is 2.21. The normalized spacial score (nSPS) is 13.8. The molecule has 11 heteroatoms. The predicted octanol–water partition coefficient (Wildman–Crippen LogP) is 3.35. The Bertz CT molecular complexity index is 1030. The number of carbonyl (C=O) groups is 2. The Labute approximate surface area is 203 Å². The molecule has 4 N–H and O–H groups in total. The molecule has 1 aliphatic rings. The van der Waals surface area contributed by atoms with Crippen LogP contribution in [0.2, 0.25) is 0 Å². The second-order valence-corrected chi connectivity index (χ2v) is 8.29. The number of hydrogen-bond donors (Lipinski definition) is 3. The zero-order valence-corrected chi connectivity index (χ0v) is 19.8. The highest BCUT2D eigenvalue weighted by molar-refractivity contribution is 5.90. The van der Waals surface area contributed by atoms with Gasteiger partial charge in [-0.05, 0) is 38.5 Å². The molecule has 1 saturated heterocycles. The fourth-order valence-corrected chi connectivity index (χ4v) is 4.02. The van der Waals surface area contributed by atoms with E-state index in [1.165, 1.54) is 6.07 Å². The fraction of sp³-hybridized carbons (Fsp3) is 0.458. The van der Waals surface area contributed by atoms with Gasteiger partial charge in [-0.3, -0.25) is 15.5 Å². The summed E-state index contributed by atoms with van der Waals surface area (Å²) in [6.07, 6.45) is 6.54. The summed E-state index contributed by atoms with van der Waals surface area (Å²) in [5.74, 6) is -0.0646. The molecule has 1 aliphatic heterocycles. The van der Waals surface area contributed by atoms with Crippen molar-refractivity contribution in [3.8, 4) is 11.1 Å². The number of esters is 1. The van der Waals surface area contributed by atoms with Gasteiger partial charge < -0.3 is 20.1 Å². The fourth-order valence-electron chi connectivity index (χ4n) is 4.02. The maximum absolute atomic E-state index is 15.0. The number of carbonyl (C=O) groups excluding carboxylic acids is 2. The lowest BCUT2D eigenvalue weighted by Gasteiger charge is -2.32. The second-order valence-electron chi connectivity index (χ2n) is 8.29. The summed E-state index contributed by atoms with van der Waals surface area (Å²) < 4.78 is 24.9. The van der Waals surface area contributed by atoms with Crippen LogP contribution < -0.4 is 16.0 Å². The lowest BCUT2D eigenvalue weighted by molar-refractivity contribution is -0.143. The van der Waals surface area contributed by atoms with Gasteiger partial charge in [0.05, 0.1) is 6.61 Å². The number of nitrogens with one attached hydrogen (secondary N) is 2. The summed E-state index contributed by atoms with van der Waals surface area (Å²) >= 11 is 0. The molecule has 0 radical (unpaired) electrons. The molecular weight excluding hydrogens is 455 g/mol. The van der Waals surface area contributed by atoms with E-state index in [9.17, 15) is 14.0 Å². The molecule has 3 rings (SSSR count). The topological polar surface area (TPSA) is 144 Å². The van der Waals surface area contributed by atoms with E-state index in [1.807, 2.05) is 12.2 Å². The minimum absolute atomic E-state index is 0.133. The first kappa shape index (κ1) is 25.9. The lowest BCUT2D eigenvalue weighted by Crippen LogP contribution is -2.36. The van der Waals surface area contributed by atoms with Gasteiger partial charge in [0, 0.05) is 48.6 Å². The third kappa shape index (κ3) is 7.62. The third-order valence-electron chi connectivity index (χ3n) is 5.82. The van der Waals surface area contributed by atoms with Crippen molar-refractivity contribution < 1.29 is 23.5 Å². The van der Waals surface area contributed by atoms with E-state index in [0.717, 1.165) is 38.8 Å². The Morgan fingerprint density at radius 3 is 2.60 bits per heavy atom. The standard InChI is InChI=1S/C24H31FN6O4/c1-2-34-20(32)8-3-5-16-9-11-31(12-10-16)23-28-13-18(14-29-23)19-7-4-6-17(21(19)25)15-35-24(33)30-22(26)27/h4,6-7,13-14,16H,2-3,5,8-12,15H2,1H3,(H4,26,27,30,33). The Kier molecular flexibility index (Phi) is 9.33. The number of alkyl carbamates (subject to hydrolysis) is 1. The quantitative estimate of drug-likeness (QED) is 0.278. The zero-order chi connectivity index (χ0) is 25.2. The summed E-state index contributed by atoms with van der Waals surface area (Å²) in [7, 11) is 0. The number of ether oxygens (including phenoxy) is 2.